The molecular weight excluding hydrogens is 274 g/mol. The number of nitrogens with zero attached hydrogens (tertiary/aromatic N) is 2. The zero-order chi connectivity index (χ0) is 13.9. The number of rotatable bonds is 6. The third-order valence-corrected chi connectivity index (χ3v) is 3.66. The maximum atomic E-state index is 6.27. The van der Waals surface area contributed by atoms with Crippen LogP contribution < -0.4 is 10.1 Å². The van der Waals surface area contributed by atoms with E-state index in [1.54, 1.807) is 6.20 Å². The van der Waals surface area contributed by atoms with Crippen LogP contribution in [0.15, 0.2) is 30.6 Å². The molecule has 1 aliphatic rings. The van der Waals surface area contributed by atoms with Gasteiger partial charge in [0.1, 0.15) is 0 Å². The second-order valence-electron chi connectivity index (χ2n) is 5.02. The fourth-order valence-electron chi connectivity index (χ4n) is 2.04. The van der Waals surface area contributed by atoms with Gasteiger partial charge in [-0.3, -0.25) is 4.68 Å². The van der Waals surface area contributed by atoms with E-state index in [2.05, 4.69) is 10.4 Å². The Morgan fingerprint density at radius 1 is 1.45 bits per heavy atom. The van der Waals surface area contributed by atoms with Crippen LogP contribution in [0.2, 0.25) is 5.02 Å². The average molecular weight is 292 g/mol. The Balaban J connectivity index is 1.78. The fraction of sp³-hybridized carbons (Fsp3) is 0.400. The summed E-state index contributed by atoms with van der Waals surface area (Å²) < 4.78 is 7.75. The van der Waals surface area contributed by atoms with Gasteiger partial charge < -0.3 is 10.1 Å². The molecule has 0 aliphatic heterocycles. The van der Waals surface area contributed by atoms with Crippen LogP contribution in [0.1, 0.15) is 25.3 Å². The van der Waals surface area contributed by atoms with E-state index in [1.807, 2.05) is 36.0 Å². The average Bonchev–Trinajstić information content (AvgIpc) is 3.17. The number of hydrogen-bond acceptors (Lipinski definition) is 3. The molecule has 1 heterocycles. The number of hydrogen-bond donors (Lipinski definition) is 1. The normalized spacial score (nSPS) is 14.5. The van der Waals surface area contributed by atoms with Crippen LogP contribution in [-0.2, 0) is 13.1 Å². The molecule has 0 radical (unpaired) electrons. The SMILES string of the molecule is CCn1cc(Oc2c(Cl)cccc2CNC2CC2)cn1. The van der Waals surface area contributed by atoms with Crippen molar-refractivity contribution in [1.29, 1.82) is 0 Å². The van der Waals surface area contributed by atoms with Crippen molar-refractivity contribution in [2.75, 3.05) is 0 Å². The standard InChI is InChI=1S/C15H18ClN3O/c1-2-19-10-13(9-18-19)20-15-11(4-3-5-14(15)16)8-17-12-6-7-12/h3-5,9-10,12,17H,2,6-8H2,1H3. The number of para-hydroxylation sites is 1. The Bertz CT molecular complexity index is 593. The minimum Gasteiger partial charge on any atom is -0.452 e. The number of benzene rings is 1. The molecule has 0 saturated heterocycles. The Morgan fingerprint density at radius 2 is 2.30 bits per heavy atom. The number of halogens is 1. The second-order valence-corrected chi connectivity index (χ2v) is 5.42. The topological polar surface area (TPSA) is 39.1 Å². The van der Waals surface area contributed by atoms with Crippen molar-refractivity contribution in [3.8, 4) is 11.5 Å². The van der Waals surface area contributed by atoms with Crippen LogP contribution in [-0.4, -0.2) is 15.8 Å². The summed E-state index contributed by atoms with van der Waals surface area (Å²) in [4.78, 5) is 0. The molecule has 4 nitrogen and oxygen atoms in total. The lowest BCUT2D eigenvalue weighted by Gasteiger charge is -2.12. The Morgan fingerprint density at radius 3 is 3.00 bits per heavy atom. The molecule has 1 aromatic heterocycles. The first-order chi connectivity index (χ1) is 9.76. The maximum absolute atomic E-state index is 6.27. The molecule has 1 saturated carbocycles. The van der Waals surface area contributed by atoms with Gasteiger partial charge >= 0.3 is 0 Å². The molecule has 0 amide bonds. The first kappa shape index (κ1) is 13.5. The van der Waals surface area contributed by atoms with Gasteiger partial charge in [0.2, 0.25) is 0 Å². The van der Waals surface area contributed by atoms with Crippen LogP contribution in [0.5, 0.6) is 11.5 Å². The number of nitrogens with one attached hydrogen (secondary N) is 1. The molecule has 106 valence electrons. The van der Waals surface area contributed by atoms with Crippen LogP contribution in [0.4, 0.5) is 0 Å². The summed E-state index contributed by atoms with van der Waals surface area (Å²) in [6.45, 7) is 3.64. The lowest BCUT2D eigenvalue weighted by molar-refractivity contribution is 0.471. The molecule has 1 aliphatic carbocycles. The van der Waals surface area contributed by atoms with Crippen molar-refractivity contribution in [2.24, 2.45) is 0 Å². The number of aryl methyl sites for hydroxylation is 1. The summed E-state index contributed by atoms with van der Waals surface area (Å²) >= 11 is 6.27. The van der Waals surface area contributed by atoms with Crippen molar-refractivity contribution in [3.63, 3.8) is 0 Å². The van der Waals surface area contributed by atoms with E-state index >= 15 is 0 Å². The Labute approximate surface area is 123 Å². The van der Waals surface area contributed by atoms with Crippen molar-refractivity contribution in [3.05, 3.63) is 41.2 Å². The molecule has 0 unspecified atom stereocenters. The summed E-state index contributed by atoms with van der Waals surface area (Å²) in [5.41, 5.74) is 1.08. The summed E-state index contributed by atoms with van der Waals surface area (Å²) in [7, 11) is 0. The molecule has 0 bridgehead atoms. The van der Waals surface area contributed by atoms with Crippen LogP contribution in [0.25, 0.3) is 0 Å². The number of ether oxygens (including phenoxy) is 1. The smallest absolute Gasteiger partial charge is 0.165 e. The molecule has 1 fully saturated rings. The van der Waals surface area contributed by atoms with Gasteiger partial charge in [0, 0.05) is 24.7 Å². The lowest BCUT2D eigenvalue weighted by Crippen LogP contribution is -2.15. The minimum atomic E-state index is 0.629. The van der Waals surface area contributed by atoms with Gasteiger partial charge in [-0.25, -0.2) is 0 Å². The van der Waals surface area contributed by atoms with Gasteiger partial charge in [0.15, 0.2) is 11.5 Å². The summed E-state index contributed by atoms with van der Waals surface area (Å²) in [5.74, 6) is 1.44. The molecule has 1 aromatic carbocycles. The summed E-state index contributed by atoms with van der Waals surface area (Å²) in [6.07, 6.45) is 6.12. The highest BCUT2D eigenvalue weighted by atomic mass is 35.5. The van der Waals surface area contributed by atoms with Crippen molar-refractivity contribution in [2.45, 2.75) is 38.9 Å². The number of aromatic nitrogens is 2. The predicted octanol–water partition coefficient (Wildman–Crippen LogP) is 3.60. The van der Waals surface area contributed by atoms with Gasteiger partial charge in [-0.15, -0.1) is 0 Å². The highest BCUT2D eigenvalue weighted by Gasteiger charge is 2.21. The van der Waals surface area contributed by atoms with E-state index in [-0.39, 0.29) is 0 Å². The largest absolute Gasteiger partial charge is 0.452 e. The molecule has 3 rings (SSSR count). The monoisotopic (exact) mass is 291 g/mol. The molecule has 1 N–H and O–H groups in total. The van der Waals surface area contributed by atoms with Gasteiger partial charge in [-0.2, -0.15) is 5.10 Å². The maximum Gasteiger partial charge on any atom is 0.165 e. The van der Waals surface area contributed by atoms with E-state index in [4.69, 9.17) is 16.3 Å². The van der Waals surface area contributed by atoms with Gasteiger partial charge in [-0.05, 0) is 25.8 Å². The third kappa shape index (κ3) is 3.14. The molecule has 0 atom stereocenters. The predicted molar refractivity (Wildman–Crippen MR) is 79.3 cm³/mol. The van der Waals surface area contributed by atoms with Crippen molar-refractivity contribution in [1.82, 2.24) is 15.1 Å². The van der Waals surface area contributed by atoms with E-state index in [9.17, 15) is 0 Å². The van der Waals surface area contributed by atoms with E-state index in [1.165, 1.54) is 12.8 Å². The molecule has 5 heteroatoms. The quantitative estimate of drug-likeness (QED) is 0.884. The molecular formula is C15H18ClN3O. The van der Waals surface area contributed by atoms with Gasteiger partial charge in [-0.1, -0.05) is 23.7 Å². The van der Waals surface area contributed by atoms with Crippen LogP contribution >= 0.6 is 11.6 Å². The first-order valence-corrected chi connectivity index (χ1v) is 7.35. The summed E-state index contributed by atoms with van der Waals surface area (Å²) in [5, 5.41) is 8.32. The summed E-state index contributed by atoms with van der Waals surface area (Å²) in [6, 6.07) is 6.50. The lowest BCUT2D eigenvalue weighted by atomic mass is 10.2. The van der Waals surface area contributed by atoms with E-state index in [0.717, 1.165) is 24.4 Å². The van der Waals surface area contributed by atoms with E-state index < -0.39 is 0 Å². The Hall–Kier alpha value is -1.52. The molecule has 20 heavy (non-hydrogen) atoms. The van der Waals surface area contributed by atoms with Crippen LogP contribution in [0.3, 0.4) is 0 Å². The zero-order valence-corrected chi connectivity index (χ0v) is 12.2. The third-order valence-electron chi connectivity index (χ3n) is 3.36. The van der Waals surface area contributed by atoms with Gasteiger partial charge in [0.05, 0.1) is 17.4 Å². The fourth-order valence-corrected chi connectivity index (χ4v) is 2.27. The second kappa shape index (κ2) is 5.85. The van der Waals surface area contributed by atoms with E-state index in [0.29, 0.717) is 16.8 Å². The molecule has 2 aromatic rings. The Kier molecular flexibility index (Phi) is 3.94. The highest BCUT2D eigenvalue weighted by Crippen LogP contribution is 2.33. The highest BCUT2D eigenvalue weighted by molar-refractivity contribution is 6.32. The van der Waals surface area contributed by atoms with Crippen molar-refractivity contribution >= 4 is 11.6 Å². The van der Waals surface area contributed by atoms with Gasteiger partial charge in [0.25, 0.3) is 0 Å². The van der Waals surface area contributed by atoms with Crippen molar-refractivity contribution < 1.29 is 4.74 Å². The van der Waals surface area contributed by atoms with Crippen LogP contribution in [0, 0.1) is 0 Å². The zero-order valence-electron chi connectivity index (χ0n) is 11.5. The minimum absolute atomic E-state index is 0.629. The first-order valence-electron chi connectivity index (χ1n) is 6.97. The molecule has 0 spiro atoms.